The molecule has 1 N–H and O–H groups in total. The maximum Gasteiger partial charge on any atom is 0.408 e. The van der Waals surface area contributed by atoms with E-state index >= 15 is 0 Å². The van der Waals surface area contributed by atoms with Crippen molar-refractivity contribution in [2.45, 2.75) is 57.1 Å². The number of ether oxygens (including phenoxy) is 1. The van der Waals surface area contributed by atoms with Crippen molar-refractivity contribution in [2.24, 2.45) is 0 Å². The van der Waals surface area contributed by atoms with E-state index in [1.54, 1.807) is 0 Å². The molecule has 1 aromatic carbocycles. The van der Waals surface area contributed by atoms with E-state index in [9.17, 15) is 10.1 Å². The molecule has 1 aliphatic rings. The zero-order valence-electron chi connectivity index (χ0n) is 12.3. The van der Waals surface area contributed by atoms with E-state index in [-0.39, 0.29) is 6.61 Å². The lowest BCUT2D eigenvalue weighted by Crippen LogP contribution is -2.47. The van der Waals surface area contributed by atoms with Gasteiger partial charge in [-0.25, -0.2) is 4.79 Å². The third-order valence-corrected chi connectivity index (χ3v) is 3.98. The van der Waals surface area contributed by atoms with Gasteiger partial charge in [-0.1, -0.05) is 62.4 Å². The second kappa shape index (κ2) is 7.68. The van der Waals surface area contributed by atoms with Gasteiger partial charge in [0.15, 0.2) is 0 Å². The van der Waals surface area contributed by atoms with Crippen LogP contribution in [0.1, 0.15) is 50.5 Å². The Morgan fingerprint density at radius 3 is 2.38 bits per heavy atom. The first-order valence-corrected chi connectivity index (χ1v) is 7.64. The molecule has 0 aliphatic heterocycles. The van der Waals surface area contributed by atoms with Crippen molar-refractivity contribution in [1.82, 2.24) is 5.32 Å². The number of amides is 1. The summed E-state index contributed by atoms with van der Waals surface area (Å²) in [6.45, 7) is 0.230. The molecule has 2 rings (SSSR count). The molecule has 0 aromatic heterocycles. The lowest BCUT2D eigenvalue weighted by molar-refractivity contribution is 0.128. The molecule has 21 heavy (non-hydrogen) atoms. The fourth-order valence-corrected chi connectivity index (χ4v) is 2.73. The Balaban J connectivity index is 1.88. The molecule has 0 saturated heterocycles. The topological polar surface area (TPSA) is 62.1 Å². The highest BCUT2D eigenvalue weighted by Gasteiger charge is 2.32. The van der Waals surface area contributed by atoms with E-state index in [0.29, 0.717) is 12.8 Å². The Hall–Kier alpha value is -2.02. The summed E-state index contributed by atoms with van der Waals surface area (Å²) in [5.74, 6) is 0. The van der Waals surface area contributed by atoms with Gasteiger partial charge in [-0.05, 0) is 18.4 Å². The molecule has 4 heteroatoms. The van der Waals surface area contributed by atoms with Crippen LogP contribution in [0.25, 0.3) is 0 Å². The number of carbonyl (C=O) groups excluding carboxylic acids is 1. The Labute approximate surface area is 126 Å². The highest BCUT2D eigenvalue weighted by Crippen LogP contribution is 2.26. The lowest BCUT2D eigenvalue weighted by Gasteiger charge is -2.29. The molecule has 0 heterocycles. The summed E-state index contributed by atoms with van der Waals surface area (Å²) in [6, 6.07) is 11.8. The molecule has 0 radical (unpaired) electrons. The largest absolute Gasteiger partial charge is 0.445 e. The van der Waals surface area contributed by atoms with Crippen molar-refractivity contribution < 1.29 is 9.53 Å². The first-order chi connectivity index (χ1) is 10.2. The van der Waals surface area contributed by atoms with E-state index in [2.05, 4.69) is 11.4 Å². The van der Waals surface area contributed by atoms with Gasteiger partial charge < -0.3 is 10.1 Å². The number of hydrogen-bond acceptors (Lipinski definition) is 3. The van der Waals surface area contributed by atoms with Crippen LogP contribution in [0.5, 0.6) is 0 Å². The van der Waals surface area contributed by atoms with E-state index in [1.165, 1.54) is 6.42 Å². The number of hydrogen-bond donors (Lipinski definition) is 1. The number of nitrogens with zero attached hydrogens (tertiary/aromatic N) is 1. The van der Waals surface area contributed by atoms with Crippen molar-refractivity contribution in [3.8, 4) is 6.07 Å². The maximum atomic E-state index is 12.0. The SMILES string of the molecule is N#CC1(NC(=O)OCc2ccccc2)CCCCCCC1. The van der Waals surface area contributed by atoms with Crippen molar-refractivity contribution in [3.05, 3.63) is 35.9 Å². The monoisotopic (exact) mass is 286 g/mol. The molecule has 1 fully saturated rings. The molecule has 1 aliphatic carbocycles. The van der Waals surface area contributed by atoms with Crippen molar-refractivity contribution >= 4 is 6.09 Å². The lowest BCUT2D eigenvalue weighted by atomic mass is 9.85. The molecular weight excluding hydrogens is 264 g/mol. The molecule has 1 amide bonds. The van der Waals surface area contributed by atoms with Crippen LogP contribution in [0.2, 0.25) is 0 Å². The predicted octanol–water partition coefficient (Wildman–Crippen LogP) is 3.92. The van der Waals surface area contributed by atoms with Crippen LogP contribution in [0.15, 0.2) is 30.3 Å². The van der Waals surface area contributed by atoms with Gasteiger partial charge in [0.05, 0.1) is 6.07 Å². The number of benzene rings is 1. The Kier molecular flexibility index (Phi) is 5.62. The number of alkyl carbamates (subject to hydrolysis) is 1. The highest BCUT2D eigenvalue weighted by molar-refractivity contribution is 5.69. The average molecular weight is 286 g/mol. The van der Waals surface area contributed by atoms with Crippen LogP contribution in [0.3, 0.4) is 0 Å². The minimum absolute atomic E-state index is 0.230. The van der Waals surface area contributed by atoms with Gasteiger partial charge >= 0.3 is 6.09 Å². The van der Waals surface area contributed by atoms with Gasteiger partial charge in [-0.15, -0.1) is 0 Å². The summed E-state index contributed by atoms with van der Waals surface area (Å²) in [7, 11) is 0. The van der Waals surface area contributed by atoms with Gasteiger partial charge in [0.25, 0.3) is 0 Å². The van der Waals surface area contributed by atoms with Crippen LogP contribution in [0.4, 0.5) is 4.79 Å². The number of carbonyl (C=O) groups is 1. The second-order valence-electron chi connectivity index (χ2n) is 5.65. The Morgan fingerprint density at radius 2 is 1.76 bits per heavy atom. The van der Waals surface area contributed by atoms with E-state index in [0.717, 1.165) is 31.2 Å². The first-order valence-electron chi connectivity index (χ1n) is 7.64. The molecule has 4 nitrogen and oxygen atoms in total. The first kappa shape index (κ1) is 15.4. The Morgan fingerprint density at radius 1 is 1.14 bits per heavy atom. The number of nitrogens with one attached hydrogen (secondary N) is 1. The normalized spacial score (nSPS) is 17.9. The van der Waals surface area contributed by atoms with Crippen molar-refractivity contribution in [2.75, 3.05) is 0 Å². The molecule has 112 valence electrons. The van der Waals surface area contributed by atoms with Crippen LogP contribution in [-0.4, -0.2) is 11.6 Å². The highest BCUT2D eigenvalue weighted by atomic mass is 16.5. The smallest absolute Gasteiger partial charge is 0.408 e. The third kappa shape index (κ3) is 4.78. The zero-order chi connectivity index (χ0) is 15.0. The minimum atomic E-state index is -0.756. The van der Waals surface area contributed by atoms with Gasteiger partial charge in [-0.3, -0.25) is 0 Å². The number of rotatable bonds is 3. The summed E-state index contributed by atoms with van der Waals surface area (Å²) in [6.07, 6.45) is 6.36. The molecular formula is C17H22N2O2. The van der Waals surface area contributed by atoms with Gasteiger partial charge in [-0.2, -0.15) is 5.26 Å². The van der Waals surface area contributed by atoms with E-state index in [1.807, 2.05) is 30.3 Å². The van der Waals surface area contributed by atoms with Crippen LogP contribution >= 0.6 is 0 Å². The summed E-state index contributed by atoms with van der Waals surface area (Å²) in [5, 5.41) is 12.3. The second-order valence-corrected chi connectivity index (χ2v) is 5.65. The molecule has 0 bridgehead atoms. The van der Waals surface area contributed by atoms with Crippen LogP contribution < -0.4 is 5.32 Å². The van der Waals surface area contributed by atoms with E-state index < -0.39 is 11.6 Å². The zero-order valence-corrected chi connectivity index (χ0v) is 12.3. The minimum Gasteiger partial charge on any atom is -0.445 e. The summed E-state index contributed by atoms with van der Waals surface area (Å²) >= 11 is 0. The van der Waals surface area contributed by atoms with Gasteiger partial charge in [0.1, 0.15) is 12.1 Å². The maximum absolute atomic E-state index is 12.0. The average Bonchev–Trinajstić information content (AvgIpc) is 2.49. The van der Waals surface area contributed by atoms with Crippen LogP contribution in [0, 0.1) is 11.3 Å². The standard InChI is InChI=1S/C17H22N2O2/c18-14-17(11-7-2-1-3-8-12-17)19-16(20)21-13-15-9-5-4-6-10-15/h4-6,9-10H,1-3,7-8,11-13H2,(H,19,20). The summed E-state index contributed by atoms with van der Waals surface area (Å²) in [4.78, 5) is 12.0. The fourth-order valence-electron chi connectivity index (χ4n) is 2.73. The summed E-state index contributed by atoms with van der Waals surface area (Å²) < 4.78 is 5.23. The Bertz CT molecular complexity index is 485. The van der Waals surface area contributed by atoms with Crippen molar-refractivity contribution in [1.29, 1.82) is 5.26 Å². The van der Waals surface area contributed by atoms with E-state index in [4.69, 9.17) is 4.74 Å². The summed E-state index contributed by atoms with van der Waals surface area (Å²) in [5.41, 5.74) is 0.185. The molecule has 1 aromatic rings. The van der Waals surface area contributed by atoms with Crippen molar-refractivity contribution in [3.63, 3.8) is 0 Å². The van der Waals surface area contributed by atoms with Crippen LogP contribution in [-0.2, 0) is 11.3 Å². The molecule has 0 spiro atoms. The molecule has 1 saturated carbocycles. The predicted molar refractivity (Wildman–Crippen MR) is 80.4 cm³/mol. The third-order valence-electron chi connectivity index (χ3n) is 3.98. The van der Waals surface area contributed by atoms with Gasteiger partial charge in [0.2, 0.25) is 0 Å². The molecule has 0 atom stereocenters. The fraction of sp³-hybridized carbons (Fsp3) is 0.529. The quantitative estimate of drug-likeness (QED) is 0.916. The molecule has 0 unspecified atom stereocenters. The van der Waals surface area contributed by atoms with Gasteiger partial charge in [0, 0.05) is 0 Å². The number of nitriles is 1.